The summed E-state index contributed by atoms with van der Waals surface area (Å²) in [6.45, 7) is -0.707. The average molecular weight is 292 g/mol. The molecule has 0 unspecified atom stereocenters. The Balaban J connectivity index is 2.56. The van der Waals surface area contributed by atoms with E-state index >= 15 is 0 Å². The monoisotopic (exact) mass is 292 g/mol. The van der Waals surface area contributed by atoms with Crippen LogP contribution < -0.4 is 10.8 Å². The predicted molar refractivity (Wildman–Crippen MR) is 64.0 cm³/mol. The molecule has 2 amide bonds. The fraction of sp³-hybridized carbons (Fsp3) is 0.200. The van der Waals surface area contributed by atoms with Gasteiger partial charge in [-0.15, -0.1) is 0 Å². The van der Waals surface area contributed by atoms with Crippen LogP contribution in [0.5, 0.6) is 0 Å². The van der Waals surface area contributed by atoms with Gasteiger partial charge in [-0.2, -0.15) is 8.78 Å². The number of rotatable bonds is 6. The highest BCUT2D eigenvalue weighted by Gasteiger charge is 2.11. The Labute approximate surface area is 111 Å². The molecule has 6 nitrogen and oxygen atoms in total. The molecule has 1 aromatic carbocycles. The van der Waals surface area contributed by atoms with Crippen molar-refractivity contribution >= 4 is 29.4 Å². The van der Waals surface area contributed by atoms with Crippen molar-refractivity contribution in [1.82, 2.24) is 5.48 Å². The minimum absolute atomic E-state index is 0.171. The highest BCUT2D eigenvalue weighted by atomic mass is 32.2. The molecule has 0 aliphatic heterocycles. The molecule has 0 saturated carbocycles. The molecular formula is C10H10F2N2O4S. The van der Waals surface area contributed by atoms with Crippen LogP contribution in [0.4, 0.5) is 19.3 Å². The van der Waals surface area contributed by atoms with Gasteiger partial charge in [-0.1, -0.05) is 23.9 Å². The van der Waals surface area contributed by atoms with Crippen molar-refractivity contribution < 1.29 is 28.3 Å². The Bertz CT molecular complexity index is 459. The number of amides is 2. The van der Waals surface area contributed by atoms with Gasteiger partial charge in [0.25, 0.3) is 5.76 Å². The maximum absolute atomic E-state index is 12.3. The number of carboxylic acid groups (broad SMARTS) is 1. The van der Waals surface area contributed by atoms with Crippen LogP contribution in [-0.2, 0) is 9.63 Å². The van der Waals surface area contributed by atoms with Gasteiger partial charge in [0.05, 0.1) is 5.69 Å². The number of para-hydroxylation sites is 1. The van der Waals surface area contributed by atoms with Crippen LogP contribution in [0.1, 0.15) is 0 Å². The zero-order valence-corrected chi connectivity index (χ0v) is 10.2. The normalized spacial score (nSPS) is 10.3. The average Bonchev–Trinajstić information content (AvgIpc) is 2.30. The van der Waals surface area contributed by atoms with Crippen molar-refractivity contribution in [1.29, 1.82) is 0 Å². The van der Waals surface area contributed by atoms with Gasteiger partial charge in [-0.05, 0) is 12.1 Å². The van der Waals surface area contributed by atoms with Crippen LogP contribution in [-0.4, -0.2) is 29.5 Å². The van der Waals surface area contributed by atoms with Crippen LogP contribution in [0.25, 0.3) is 0 Å². The van der Waals surface area contributed by atoms with Crippen molar-refractivity contribution in [3.05, 3.63) is 24.3 Å². The van der Waals surface area contributed by atoms with Crippen LogP contribution in [0.3, 0.4) is 0 Å². The minimum Gasteiger partial charge on any atom is -0.479 e. The largest absolute Gasteiger partial charge is 0.479 e. The molecule has 9 heteroatoms. The van der Waals surface area contributed by atoms with Crippen LogP contribution in [0, 0.1) is 0 Å². The first kappa shape index (κ1) is 15.2. The Hall–Kier alpha value is -1.87. The summed E-state index contributed by atoms with van der Waals surface area (Å²) in [7, 11) is 0. The van der Waals surface area contributed by atoms with E-state index in [1.165, 1.54) is 12.1 Å². The lowest BCUT2D eigenvalue weighted by Crippen LogP contribution is -2.31. The molecule has 104 valence electrons. The van der Waals surface area contributed by atoms with E-state index in [1.807, 2.05) is 5.48 Å². The van der Waals surface area contributed by atoms with Crippen LogP contribution in [0.15, 0.2) is 29.2 Å². The number of hydrogen-bond acceptors (Lipinski definition) is 4. The van der Waals surface area contributed by atoms with Crippen molar-refractivity contribution in [2.75, 3.05) is 11.9 Å². The molecule has 3 N–H and O–H groups in total. The molecule has 0 aliphatic carbocycles. The van der Waals surface area contributed by atoms with E-state index in [4.69, 9.17) is 5.11 Å². The second-order valence-corrected chi connectivity index (χ2v) is 4.15. The van der Waals surface area contributed by atoms with E-state index in [9.17, 15) is 18.4 Å². The minimum atomic E-state index is -2.62. The van der Waals surface area contributed by atoms with Gasteiger partial charge < -0.3 is 10.4 Å². The summed E-state index contributed by atoms with van der Waals surface area (Å²) >= 11 is 0.285. The SMILES string of the molecule is O=C(O)CONC(=O)Nc1ccccc1SC(F)F. The molecule has 0 saturated heterocycles. The van der Waals surface area contributed by atoms with Gasteiger partial charge in [-0.25, -0.2) is 15.1 Å². The number of nitrogens with one attached hydrogen (secondary N) is 2. The summed E-state index contributed by atoms with van der Waals surface area (Å²) in [5.41, 5.74) is 1.99. The number of carbonyl (C=O) groups is 2. The number of thioether (sulfide) groups is 1. The van der Waals surface area contributed by atoms with E-state index in [-0.39, 0.29) is 22.3 Å². The number of urea groups is 1. The number of aliphatic carboxylic acids is 1. The molecule has 0 bridgehead atoms. The summed E-state index contributed by atoms with van der Waals surface area (Å²) in [5, 5.41) is 10.5. The number of alkyl halides is 2. The molecular weight excluding hydrogens is 282 g/mol. The first-order valence-electron chi connectivity index (χ1n) is 4.93. The number of hydroxylamine groups is 1. The molecule has 0 aliphatic rings. The smallest absolute Gasteiger partial charge is 0.343 e. The number of carboxylic acids is 1. The van der Waals surface area contributed by atoms with Gasteiger partial charge in [0.15, 0.2) is 6.61 Å². The van der Waals surface area contributed by atoms with Crippen LogP contribution >= 0.6 is 11.8 Å². The molecule has 0 atom stereocenters. The number of anilines is 1. The summed E-state index contributed by atoms with van der Waals surface area (Å²) in [4.78, 5) is 25.9. The number of hydrogen-bond donors (Lipinski definition) is 3. The highest BCUT2D eigenvalue weighted by molar-refractivity contribution is 7.99. The zero-order valence-electron chi connectivity index (χ0n) is 9.43. The lowest BCUT2D eigenvalue weighted by Gasteiger charge is -2.10. The zero-order chi connectivity index (χ0) is 14.3. The van der Waals surface area contributed by atoms with Gasteiger partial charge >= 0.3 is 12.0 Å². The van der Waals surface area contributed by atoms with Crippen molar-refractivity contribution in [2.24, 2.45) is 0 Å². The number of halogens is 2. The standard InChI is InChI=1S/C10H10F2N2O4S/c11-9(12)19-7-4-2-1-3-6(7)13-10(17)14-18-5-8(15)16/h1-4,9H,5H2,(H,15,16)(H2,13,14,17). The molecule has 0 spiro atoms. The molecule has 1 rings (SSSR count). The molecule has 1 aromatic rings. The molecule has 19 heavy (non-hydrogen) atoms. The molecule has 0 fully saturated rings. The number of carbonyl (C=O) groups excluding carboxylic acids is 1. The Morgan fingerprint density at radius 1 is 1.37 bits per heavy atom. The highest BCUT2D eigenvalue weighted by Crippen LogP contribution is 2.31. The number of benzene rings is 1. The maximum atomic E-state index is 12.3. The van der Waals surface area contributed by atoms with Gasteiger partial charge in [-0.3, -0.25) is 4.84 Å². The second kappa shape index (κ2) is 7.54. The maximum Gasteiger partial charge on any atom is 0.343 e. The first-order valence-corrected chi connectivity index (χ1v) is 5.81. The predicted octanol–water partition coefficient (Wildman–Crippen LogP) is 2.14. The third kappa shape index (κ3) is 6.02. The van der Waals surface area contributed by atoms with E-state index < -0.39 is 24.4 Å². The Morgan fingerprint density at radius 3 is 2.68 bits per heavy atom. The second-order valence-electron chi connectivity index (χ2n) is 3.11. The van der Waals surface area contributed by atoms with Crippen molar-refractivity contribution in [2.45, 2.75) is 10.7 Å². The fourth-order valence-electron chi connectivity index (χ4n) is 1.08. The molecule has 0 aromatic heterocycles. The van der Waals surface area contributed by atoms with E-state index in [0.717, 1.165) is 0 Å². The van der Waals surface area contributed by atoms with Crippen LogP contribution in [0.2, 0.25) is 0 Å². The first-order chi connectivity index (χ1) is 8.99. The van der Waals surface area contributed by atoms with E-state index in [0.29, 0.717) is 0 Å². The fourth-order valence-corrected chi connectivity index (χ4v) is 1.67. The Morgan fingerprint density at radius 2 is 2.05 bits per heavy atom. The van der Waals surface area contributed by atoms with Crippen molar-refractivity contribution in [3.8, 4) is 0 Å². The van der Waals surface area contributed by atoms with Gasteiger partial charge in [0.1, 0.15) is 0 Å². The summed E-state index contributed by atoms with van der Waals surface area (Å²) < 4.78 is 24.5. The lowest BCUT2D eigenvalue weighted by atomic mass is 10.3. The third-order valence-electron chi connectivity index (χ3n) is 1.71. The van der Waals surface area contributed by atoms with Gasteiger partial charge in [0, 0.05) is 4.90 Å². The topological polar surface area (TPSA) is 87.7 Å². The quantitative estimate of drug-likeness (QED) is 0.552. The Kier molecular flexibility index (Phi) is 6.03. The summed E-state index contributed by atoms with van der Waals surface area (Å²) in [5.74, 6) is -3.87. The molecule has 0 radical (unpaired) electrons. The molecule has 0 heterocycles. The summed E-state index contributed by atoms with van der Waals surface area (Å²) in [6, 6.07) is 5.10. The van der Waals surface area contributed by atoms with E-state index in [1.54, 1.807) is 12.1 Å². The van der Waals surface area contributed by atoms with Gasteiger partial charge in [0.2, 0.25) is 0 Å². The third-order valence-corrected chi connectivity index (χ3v) is 2.50. The van der Waals surface area contributed by atoms with Crippen molar-refractivity contribution in [3.63, 3.8) is 0 Å². The summed E-state index contributed by atoms with van der Waals surface area (Å²) in [6.07, 6.45) is 0. The lowest BCUT2D eigenvalue weighted by molar-refractivity contribution is -0.143. The van der Waals surface area contributed by atoms with E-state index in [2.05, 4.69) is 10.2 Å².